The Morgan fingerprint density at radius 2 is 2.08 bits per heavy atom. The smallest absolute Gasteiger partial charge is 0.435 e. The number of benzene rings is 1. The van der Waals surface area contributed by atoms with E-state index in [1.54, 1.807) is 23.2 Å². The van der Waals surface area contributed by atoms with Crippen molar-refractivity contribution in [3.63, 3.8) is 0 Å². The highest BCUT2D eigenvalue weighted by Crippen LogP contribution is 2.22. The van der Waals surface area contributed by atoms with E-state index in [-0.39, 0.29) is 18.6 Å². The minimum absolute atomic E-state index is 0.0217. The third kappa shape index (κ3) is 4.95. The summed E-state index contributed by atoms with van der Waals surface area (Å²) in [6.45, 7) is 3.86. The molecule has 0 spiro atoms. The van der Waals surface area contributed by atoms with E-state index in [0.717, 1.165) is 6.42 Å². The van der Waals surface area contributed by atoms with Crippen molar-refractivity contribution in [3.8, 4) is 0 Å². The lowest BCUT2D eigenvalue weighted by Gasteiger charge is -2.38. The molecular formula is C19H23NO5S. The standard InChI is InChI=1S/C19H23NO5S/c1-2-24-19(22)25-16-12-20(13-16)18(21)6-9-23-8-5-14-3-4-17-15(11-14)7-10-26-17/h3-4,7,10-11,16H,2,5-6,8-9,12-13H2,1H3. The SMILES string of the molecule is CCOC(=O)OC1CN(C(=O)CCOCCc2ccc3sccc3c2)C1. The third-order valence-corrected chi connectivity index (χ3v) is 5.14. The molecule has 1 aliphatic rings. The Bertz CT molecular complexity index is 753. The minimum atomic E-state index is -0.673. The molecule has 6 nitrogen and oxygen atoms in total. The lowest BCUT2D eigenvalue weighted by atomic mass is 10.1. The van der Waals surface area contributed by atoms with E-state index in [1.807, 2.05) is 0 Å². The number of thiophene rings is 1. The molecule has 0 unspecified atom stereocenters. The van der Waals surface area contributed by atoms with Crippen LogP contribution in [0.5, 0.6) is 0 Å². The fourth-order valence-corrected chi connectivity index (χ4v) is 3.56. The van der Waals surface area contributed by atoms with E-state index in [4.69, 9.17) is 14.2 Å². The Balaban J connectivity index is 1.27. The lowest BCUT2D eigenvalue weighted by Crippen LogP contribution is -2.55. The van der Waals surface area contributed by atoms with Gasteiger partial charge in [0, 0.05) is 4.70 Å². The second-order valence-corrected chi connectivity index (χ2v) is 7.07. The van der Waals surface area contributed by atoms with Crippen LogP contribution in [0.4, 0.5) is 4.79 Å². The van der Waals surface area contributed by atoms with Gasteiger partial charge >= 0.3 is 6.16 Å². The van der Waals surface area contributed by atoms with Crippen LogP contribution < -0.4 is 0 Å². The van der Waals surface area contributed by atoms with Crippen LogP contribution in [0.2, 0.25) is 0 Å². The molecule has 7 heteroatoms. The molecule has 0 aliphatic carbocycles. The highest BCUT2D eigenvalue weighted by Gasteiger charge is 2.33. The van der Waals surface area contributed by atoms with Crippen LogP contribution in [-0.2, 0) is 25.4 Å². The van der Waals surface area contributed by atoms with Crippen molar-refractivity contribution in [2.24, 2.45) is 0 Å². The average Bonchev–Trinajstić information content (AvgIpc) is 3.05. The van der Waals surface area contributed by atoms with Gasteiger partial charge in [0.05, 0.1) is 39.3 Å². The number of hydrogen-bond donors (Lipinski definition) is 0. The van der Waals surface area contributed by atoms with Gasteiger partial charge in [-0.05, 0) is 41.8 Å². The monoisotopic (exact) mass is 377 g/mol. The number of nitrogens with zero attached hydrogens (tertiary/aromatic N) is 1. The molecule has 2 heterocycles. The van der Waals surface area contributed by atoms with Crippen molar-refractivity contribution in [2.75, 3.05) is 32.9 Å². The number of carbonyl (C=O) groups is 2. The van der Waals surface area contributed by atoms with Crippen molar-refractivity contribution in [3.05, 3.63) is 35.2 Å². The Morgan fingerprint density at radius 3 is 2.88 bits per heavy atom. The Morgan fingerprint density at radius 1 is 1.23 bits per heavy atom. The average molecular weight is 377 g/mol. The van der Waals surface area contributed by atoms with Gasteiger partial charge in [-0.3, -0.25) is 4.79 Å². The molecule has 0 radical (unpaired) electrons. The second-order valence-electron chi connectivity index (χ2n) is 6.13. The van der Waals surface area contributed by atoms with Crippen molar-refractivity contribution < 1.29 is 23.8 Å². The van der Waals surface area contributed by atoms with Crippen molar-refractivity contribution in [1.29, 1.82) is 0 Å². The first-order valence-corrected chi connectivity index (χ1v) is 9.68. The minimum Gasteiger partial charge on any atom is -0.435 e. The largest absolute Gasteiger partial charge is 0.508 e. The molecule has 1 fully saturated rings. The maximum Gasteiger partial charge on any atom is 0.508 e. The number of fused-ring (bicyclic) bond motifs is 1. The highest BCUT2D eigenvalue weighted by molar-refractivity contribution is 7.17. The maximum atomic E-state index is 12.0. The zero-order valence-electron chi connectivity index (χ0n) is 14.8. The van der Waals surface area contributed by atoms with Gasteiger partial charge in [0.25, 0.3) is 0 Å². The molecule has 3 rings (SSSR count). The Hall–Kier alpha value is -2.12. The first kappa shape index (κ1) is 18.7. The van der Waals surface area contributed by atoms with Crippen LogP contribution in [0, 0.1) is 0 Å². The first-order valence-electron chi connectivity index (χ1n) is 8.80. The molecule has 1 aliphatic heterocycles. The molecule has 0 bridgehead atoms. The summed E-state index contributed by atoms with van der Waals surface area (Å²) in [6, 6.07) is 8.56. The van der Waals surface area contributed by atoms with Gasteiger partial charge in [-0.1, -0.05) is 12.1 Å². The fraction of sp³-hybridized carbons (Fsp3) is 0.474. The molecule has 0 saturated carbocycles. The summed E-state index contributed by atoms with van der Waals surface area (Å²) in [5.74, 6) is 0.0217. The number of amides is 1. The van der Waals surface area contributed by atoms with E-state index < -0.39 is 6.16 Å². The summed E-state index contributed by atoms with van der Waals surface area (Å²) >= 11 is 1.74. The van der Waals surface area contributed by atoms with Crippen molar-refractivity contribution >= 4 is 33.5 Å². The summed E-state index contributed by atoms with van der Waals surface area (Å²) < 4.78 is 16.6. The number of ether oxygens (including phenoxy) is 3. The molecule has 1 amide bonds. The second kappa shape index (κ2) is 9.00. The topological polar surface area (TPSA) is 65.1 Å². The van der Waals surface area contributed by atoms with Gasteiger partial charge in [0.15, 0.2) is 0 Å². The normalized spacial score (nSPS) is 14.3. The van der Waals surface area contributed by atoms with Crippen LogP contribution in [-0.4, -0.2) is 56.0 Å². The number of hydrogen-bond acceptors (Lipinski definition) is 6. The molecule has 0 atom stereocenters. The summed E-state index contributed by atoms with van der Waals surface area (Å²) in [5, 5.41) is 3.36. The quantitative estimate of drug-likeness (QED) is 0.522. The molecule has 1 aromatic carbocycles. The van der Waals surface area contributed by atoms with Gasteiger partial charge in [-0.15, -0.1) is 11.3 Å². The molecular weight excluding hydrogens is 354 g/mol. The number of likely N-dealkylation sites (tertiary alicyclic amines) is 1. The molecule has 0 N–H and O–H groups in total. The van der Waals surface area contributed by atoms with E-state index >= 15 is 0 Å². The van der Waals surface area contributed by atoms with E-state index in [0.29, 0.717) is 32.7 Å². The molecule has 26 heavy (non-hydrogen) atoms. The van der Waals surface area contributed by atoms with Gasteiger partial charge in [-0.25, -0.2) is 4.79 Å². The summed E-state index contributed by atoms with van der Waals surface area (Å²) in [4.78, 5) is 24.8. The molecule has 1 aromatic heterocycles. The maximum absolute atomic E-state index is 12.0. The van der Waals surface area contributed by atoms with Crippen LogP contribution in [0.3, 0.4) is 0 Å². The van der Waals surface area contributed by atoms with Gasteiger partial charge < -0.3 is 19.1 Å². The van der Waals surface area contributed by atoms with E-state index in [2.05, 4.69) is 29.6 Å². The lowest BCUT2D eigenvalue weighted by molar-refractivity contribution is -0.143. The van der Waals surface area contributed by atoms with Gasteiger partial charge in [-0.2, -0.15) is 0 Å². The zero-order chi connectivity index (χ0) is 18.4. The van der Waals surface area contributed by atoms with Crippen LogP contribution in [0.1, 0.15) is 18.9 Å². The molecule has 140 valence electrons. The highest BCUT2D eigenvalue weighted by atomic mass is 32.1. The predicted molar refractivity (Wildman–Crippen MR) is 99.4 cm³/mol. The summed E-state index contributed by atoms with van der Waals surface area (Å²) in [7, 11) is 0. The zero-order valence-corrected chi connectivity index (χ0v) is 15.6. The van der Waals surface area contributed by atoms with E-state index in [1.165, 1.54) is 15.6 Å². The van der Waals surface area contributed by atoms with Crippen LogP contribution in [0.15, 0.2) is 29.6 Å². The van der Waals surface area contributed by atoms with E-state index in [9.17, 15) is 9.59 Å². The Labute approximate surface area is 156 Å². The fourth-order valence-electron chi connectivity index (χ4n) is 2.79. The molecule has 1 saturated heterocycles. The van der Waals surface area contributed by atoms with Crippen molar-refractivity contribution in [2.45, 2.75) is 25.9 Å². The summed E-state index contributed by atoms with van der Waals surface area (Å²) in [6.07, 6.45) is 0.244. The van der Waals surface area contributed by atoms with Gasteiger partial charge in [0.1, 0.15) is 6.10 Å². The number of rotatable bonds is 8. The Kier molecular flexibility index (Phi) is 6.46. The molecule has 2 aromatic rings. The summed E-state index contributed by atoms with van der Waals surface area (Å²) in [5.41, 5.74) is 1.24. The van der Waals surface area contributed by atoms with Gasteiger partial charge in [0.2, 0.25) is 5.91 Å². The first-order chi connectivity index (χ1) is 12.7. The van der Waals surface area contributed by atoms with Crippen LogP contribution in [0.25, 0.3) is 10.1 Å². The predicted octanol–water partition coefficient (Wildman–Crippen LogP) is 3.23. The third-order valence-electron chi connectivity index (χ3n) is 4.24. The number of carbonyl (C=O) groups excluding carboxylic acids is 2. The van der Waals surface area contributed by atoms with Crippen molar-refractivity contribution in [1.82, 2.24) is 4.90 Å². The van der Waals surface area contributed by atoms with Crippen LogP contribution >= 0.6 is 11.3 Å².